The number of fused-ring (bicyclic) bond motifs is 1. The Labute approximate surface area is 111 Å². The van der Waals surface area contributed by atoms with E-state index >= 15 is 0 Å². The number of hydrogen-bond donors (Lipinski definition) is 1. The minimum Gasteiger partial charge on any atom is -0.390 e. The van der Waals surface area contributed by atoms with Crippen molar-refractivity contribution in [3.05, 3.63) is 52.9 Å². The number of hydrogen-bond acceptors (Lipinski definition) is 2. The van der Waals surface area contributed by atoms with E-state index in [0.717, 1.165) is 5.00 Å². The Bertz CT molecular complexity index is 725. The number of anilines is 1. The van der Waals surface area contributed by atoms with Crippen molar-refractivity contribution < 1.29 is 0 Å². The van der Waals surface area contributed by atoms with Crippen LogP contribution in [0.1, 0.15) is 10.4 Å². The molecular weight excluding hydrogens is 238 g/mol. The minimum absolute atomic E-state index is 0.917. The Morgan fingerprint density at radius 3 is 2.33 bits per heavy atom. The standard InChI is InChI=1S/C16H15NS/c1-10-11(2)18-16(17)15(10)14-8-7-12-5-3-4-6-13(12)9-14/h3-9H,17H2,1-2H3. The average molecular weight is 253 g/mol. The van der Waals surface area contributed by atoms with E-state index < -0.39 is 0 Å². The molecule has 3 aromatic rings. The molecule has 1 heterocycles. The summed E-state index contributed by atoms with van der Waals surface area (Å²) < 4.78 is 0. The molecule has 2 N–H and O–H groups in total. The lowest BCUT2D eigenvalue weighted by atomic mass is 9.99. The second-order valence-electron chi connectivity index (χ2n) is 4.58. The Morgan fingerprint density at radius 1 is 0.944 bits per heavy atom. The van der Waals surface area contributed by atoms with Crippen molar-refractivity contribution in [3.63, 3.8) is 0 Å². The van der Waals surface area contributed by atoms with Crippen LogP contribution in [-0.4, -0.2) is 0 Å². The van der Waals surface area contributed by atoms with Gasteiger partial charge in [-0.1, -0.05) is 36.4 Å². The summed E-state index contributed by atoms with van der Waals surface area (Å²) in [4.78, 5) is 1.30. The molecule has 0 radical (unpaired) electrons. The third-order valence-corrected chi connectivity index (χ3v) is 4.49. The second-order valence-corrected chi connectivity index (χ2v) is 5.84. The summed E-state index contributed by atoms with van der Waals surface area (Å²) in [7, 11) is 0. The summed E-state index contributed by atoms with van der Waals surface area (Å²) >= 11 is 1.67. The summed E-state index contributed by atoms with van der Waals surface area (Å²) in [6, 6.07) is 15.0. The van der Waals surface area contributed by atoms with Crippen LogP contribution in [0.4, 0.5) is 5.00 Å². The van der Waals surface area contributed by atoms with Gasteiger partial charge in [-0.2, -0.15) is 0 Å². The lowest BCUT2D eigenvalue weighted by Gasteiger charge is -2.05. The first-order valence-electron chi connectivity index (χ1n) is 6.01. The fourth-order valence-electron chi connectivity index (χ4n) is 2.36. The average Bonchev–Trinajstić information content (AvgIpc) is 2.63. The van der Waals surface area contributed by atoms with E-state index in [9.17, 15) is 0 Å². The molecule has 3 rings (SSSR count). The van der Waals surface area contributed by atoms with Crippen LogP contribution in [0.25, 0.3) is 21.9 Å². The van der Waals surface area contributed by atoms with E-state index in [0.29, 0.717) is 0 Å². The first kappa shape index (κ1) is 11.3. The van der Waals surface area contributed by atoms with E-state index in [-0.39, 0.29) is 0 Å². The molecule has 0 aliphatic rings. The monoisotopic (exact) mass is 253 g/mol. The number of benzene rings is 2. The lowest BCUT2D eigenvalue weighted by molar-refractivity contribution is 1.44. The van der Waals surface area contributed by atoms with Gasteiger partial charge in [0.2, 0.25) is 0 Å². The second kappa shape index (κ2) is 4.14. The van der Waals surface area contributed by atoms with Gasteiger partial charge in [0.1, 0.15) is 0 Å². The van der Waals surface area contributed by atoms with E-state index in [1.54, 1.807) is 11.3 Å². The molecule has 1 nitrogen and oxygen atoms in total. The van der Waals surface area contributed by atoms with Crippen LogP contribution in [-0.2, 0) is 0 Å². The highest BCUT2D eigenvalue weighted by Gasteiger charge is 2.12. The highest BCUT2D eigenvalue weighted by Crippen LogP contribution is 2.38. The van der Waals surface area contributed by atoms with E-state index in [1.165, 1.54) is 32.3 Å². The van der Waals surface area contributed by atoms with Gasteiger partial charge in [0.15, 0.2) is 0 Å². The molecule has 0 aliphatic carbocycles. The van der Waals surface area contributed by atoms with Crippen molar-refractivity contribution in [1.82, 2.24) is 0 Å². The molecule has 0 amide bonds. The van der Waals surface area contributed by atoms with E-state index in [2.05, 4.69) is 56.3 Å². The molecule has 0 spiro atoms. The normalized spacial score (nSPS) is 11.0. The topological polar surface area (TPSA) is 26.0 Å². The van der Waals surface area contributed by atoms with Gasteiger partial charge in [0.25, 0.3) is 0 Å². The van der Waals surface area contributed by atoms with Gasteiger partial charge < -0.3 is 5.73 Å². The first-order valence-corrected chi connectivity index (χ1v) is 6.83. The number of nitrogens with two attached hydrogens (primary N) is 1. The van der Waals surface area contributed by atoms with Crippen molar-refractivity contribution in [3.8, 4) is 11.1 Å². The van der Waals surface area contributed by atoms with Gasteiger partial charge in [-0.05, 0) is 41.8 Å². The molecule has 0 unspecified atom stereocenters. The van der Waals surface area contributed by atoms with Crippen molar-refractivity contribution >= 4 is 27.1 Å². The fraction of sp³-hybridized carbons (Fsp3) is 0.125. The van der Waals surface area contributed by atoms with Crippen LogP contribution in [0.15, 0.2) is 42.5 Å². The Hall–Kier alpha value is -1.80. The largest absolute Gasteiger partial charge is 0.390 e. The van der Waals surface area contributed by atoms with Crippen molar-refractivity contribution in [2.45, 2.75) is 13.8 Å². The molecule has 1 aromatic heterocycles. The summed E-state index contributed by atoms with van der Waals surface area (Å²) in [6.45, 7) is 4.27. The third kappa shape index (κ3) is 1.70. The SMILES string of the molecule is Cc1sc(N)c(-c2ccc3ccccc3c2)c1C. The summed E-state index contributed by atoms with van der Waals surface area (Å²) in [5, 5.41) is 3.45. The van der Waals surface area contributed by atoms with Gasteiger partial charge in [0.05, 0.1) is 5.00 Å². The molecular formula is C16H15NS. The molecule has 90 valence electrons. The number of thiophene rings is 1. The molecule has 0 saturated carbocycles. The summed E-state index contributed by atoms with van der Waals surface area (Å²) in [6.07, 6.45) is 0. The van der Waals surface area contributed by atoms with E-state index in [1.807, 2.05) is 0 Å². The highest BCUT2D eigenvalue weighted by molar-refractivity contribution is 7.16. The quantitative estimate of drug-likeness (QED) is 0.664. The van der Waals surface area contributed by atoms with Crippen molar-refractivity contribution in [2.75, 3.05) is 5.73 Å². The maximum absolute atomic E-state index is 6.14. The third-order valence-electron chi connectivity index (χ3n) is 3.45. The van der Waals surface area contributed by atoms with E-state index in [4.69, 9.17) is 5.73 Å². The lowest BCUT2D eigenvalue weighted by Crippen LogP contribution is -1.86. The van der Waals surface area contributed by atoms with Crippen LogP contribution >= 0.6 is 11.3 Å². The molecule has 0 atom stereocenters. The maximum Gasteiger partial charge on any atom is 0.0941 e. The maximum atomic E-state index is 6.14. The zero-order chi connectivity index (χ0) is 12.7. The smallest absolute Gasteiger partial charge is 0.0941 e. The van der Waals surface area contributed by atoms with Crippen LogP contribution in [0.5, 0.6) is 0 Å². The molecule has 0 saturated heterocycles. The van der Waals surface area contributed by atoms with Crippen LogP contribution < -0.4 is 5.73 Å². The van der Waals surface area contributed by atoms with Crippen molar-refractivity contribution in [1.29, 1.82) is 0 Å². The van der Waals surface area contributed by atoms with Crippen LogP contribution in [0, 0.1) is 13.8 Å². The summed E-state index contributed by atoms with van der Waals surface area (Å²) in [5.41, 5.74) is 9.85. The number of aryl methyl sites for hydroxylation is 1. The molecule has 0 fully saturated rings. The van der Waals surface area contributed by atoms with Gasteiger partial charge in [-0.3, -0.25) is 0 Å². The predicted octanol–water partition coefficient (Wildman–Crippen LogP) is 4.77. The zero-order valence-corrected chi connectivity index (χ0v) is 11.3. The molecule has 18 heavy (non-hydrogen) atoms. The summed E-state index contributed by atoms with van der Waals surface area (Å²) in [5.74, 6) is 0. The zero-order valence-electron chi connectivity index (χ0n) is 10.5. The number of rotatable bonds is 1. The first-order chi connectivity index (χ1) is 8.66. The van der Waals surface area contributed by atoms with Gasteiger partial charge >= 0.3 is 0 Å². The molecule has 0 bridgehead atoms. The fourth-order valence-corrected chi connectivity index (χ4v) is 3.31. The Kier molecular flexibility index (Phi) is 2.60. The van der Waals surface area contributed by atoms with Crippen LogP contribution in [0.3, 0.4) is 0 Å². The van der Waals surface area contributed by atoms with Gasteiger partial charge in [0, 0.05) is 10.4 Å². The molecule has 2 aromatic carbocycles. The Balaban J connectivity index is 2.25. The molecule has 2 heteroatoms. The predicted molar refractivity (Wildman–Crippen MR) is 81.1 cm³/mol. The Morgan fingerprint density at radius 2 is 1.67 bits per heavy atom. The van der Waals surface area contributed by atoms with Crippen molar-refractivity contribution in [2.24, 2.45) is 0 Å². The molecule has 0 aliphatic heterocycles. The highest BCUT2D eigenvalue weighted by atomic mass is 32.1. The van der Waals surface area contributed by atoms with Gasteiger partial charge in [-0.15, -0.1) is 11.3 Å². The number of nitrogen functional groups attached to an aromatic ring is 1. The minimum atomic E-state index is 0.917. The van der Waals surface area contributed by atoms with Gasteiger partial charge in [-0.25, -0.2) is 0 Å². The van der Waals surface area contributed by atoms with Crippen LogP contribution in [0.2, 0.25) is 0 Å².